The van der Waals surface area contributed by atoms with Crippen molar-refractivity contribution in [2.24, 2.45) is 0 Å². The van der Waals surface area contributed by atoms with Gasteiger partial charge in [-0.2, -0.15) is 0 Å². The van der Waals surface area contributed by atoms with E-state index < -0.39 is 7.60 Å². The van der Waals surface area contributed by atoms with Crippen LogP contribution in [-0.4, -0.2) is 25.0 Å². The minimum absolute atomic E-state index is 0.111. The number of para-hydroxylation sites is 1. The predicted molar refractivity (Wildman–Crippen MR) is 90.2 cm³/mol. The summed E-state index contributed by atoms with van der Waals surface area (Å²) in [6, 6.07) is 9.69. The first kappa shape index (κ1) is 19.2. The second-order valence-corrected chi connectivity index (χ2v) is 7.76. The van der Waals surface area contributed by atoms with Gasteiger partial charge in [0.05, 0.1) is 30.7 Å². The molecule has 1 aromatic rings. The predicted octanol–water partition coefficient (Wildman–Crippen LogP) is 4.85. The average molecular weight is 329 g/mol. The highest BCUT2D eigenvalue weighted by Gasteiger charge is 2.26. The number of unbranched alkanes of at least 4 members (excludes halogenated alkanes) is 1. The fraction of sp³-hybridized carbons (Fsp3) is 0.625. The maximum Gasteiger partial charge on any atom is 0.331 e. The van der Waals surface area contributed by atoms with Crippen LogP contribution in [0.15, 0.2) is 30.3 Å². The molecule has 22 heavy (non-hydrogen) atoms. The molecule has 0 aliphatic rings. The summed E-state index contributed by atoms with van der Waals surface area (Å²) in [4.78, 5) is 5.38. The molecular formula is C16H28NO4P. The summed E-state index contributed by atoms with van der Waals surface area (Å²) in [7, 11) is -3.01. The molecule has 0 amide bonds. The van der Waals surface area contributed by atoms with Crippen LogP contribution in [0.1, 0.15) is 40.5 Å². The largest absolute Gasteiger partial charge is 0.331 e. The average Bonchev–Trinajstić information content (AvgIpc) is 2.42. The fourth-order valence-electron chi connectivity index (χ4n) is 1.89. The first-order valence-electron chi connectivity index (χ1n) is 7.80. The van der Waals surface area contributed by atoms with Gasteiger partial charge in [0.15, 0.2) is 0 Å². The van der Waals surface area contributed by atoms with Gasteiger partial charge in [-0.1, -0.05) is 18.2 Å². The molecule has 1 aromatic carbocycles. The van der Waals surface area contributed by atoms with Crippen LogP contribution in [0.5, 0.6) is 0 Å². The Kier molecular flexibility index (Phi) is 8.72. The van der Waals surface area contributed by atoms with Crippen molar-refractivity contribution in [3.05, 3.63) is 30.3 Å². The van der Waals surface area contributed by atoms with E-state index in [4.69, 9.17) is 13.9 Å². The second kappa shape index (κ2) is 10.0. The third-order valence-electron chi connectivity index (χ3n) is 2.64. The minimum Gasteiger partial charge on any atom is -0.306 e. The number of nitrogens with one attached hydrogen (secondary N) is 1. The first-order valence-corrected chi connectivity index (χ1v) is 9.53. The summed E-state index contributed by atoms with van der Waals surface area (Å²) >= 11 is 0. The van der Waals surface area contributed by atoms with Crippen molar-refractivity contribution in [2.45, 2.75) is 52.7 Å². The lowest BCUT2D eigenvalue weighted by atomic mass is 10.3. The number of rotatable bonds is 11. The number of anilines is 1. The summed E-state index contributed by atoms with van der Waals surface area (Å²) in [6.45, 7) is 8.00. The topological polar surface area (TPSA) is 56.8 Å². The van der Waals surface area contributed by atoms with E-state index in [1.165, 1.54) is 0 Å². The summed E-state index contributed by atoms with van der Waals surface area (Å²) < 4.78 is 23.6. The Labute approximate surface area is 133 Å². The number of benzene rings is 1. The molecule has 5 nitrogen and oxygen atoms in total. The van der Waals surface area contributed by atoms with E-state index in [0.717, 1.165) is 18.5 Å². The van der Waals surface area contributed by atoms with Crippen LogP contribution in [0, 0.1) is 0 Å². The molecule has 0 spiro atoms. The summed E-state index contributed by atoms with van der Waals surface area (Å²) in [5.41, 5.74) is 3.79. The van der Waals surface area contributed by atoms with Crippen molar-refractivity contribution < 1.29 is 18.5 Å². The maximum absolute atomic E-state index is 12.6. The zero-order chi connectivity index (χ0) is 16.4. The van der Waals surface area contributed by atoms with E-state index in [1.54, 1.807) is 0 Å². The zero-order valence-electron chi connectivity index (χ0n) is 14.0. The highest BCUT2D eigenvalue weighted by atomic mass is 31.2. The smallest absolute Gasteiger partial charge is 0.306 e. The summed E-state index contributed by atoms with van der Waals surface area (Å²) in [6.07, 6.45) is 1.71. The molecule has 1 rings (SSSR count). The quantitative estimate of drug-likeness (QED) is 0.357. The van der Waals surface area contributed by atoms with Gasteiger partial charge in [0.2, 0.25) is 0 Å². The third-order valence-corrected chi connectivity index (χ3v) is 4.98. The van der Waals surface area contributed by atoms with Gasteiger partial charge in [0.25, 0.3) is 0 Å². The lowest BCUT2D eigenvalue weighted by Gasteiger charge is -2.22. The highest BCUT2D eigenvalue weighted by Crippen LogP contribution is 2.51. The SMILES string of the molecule is CC(C)OP(=O)(CCCCONc1ccccc1)OC(C)C. The number of hydrogen-bond acceptors (Lipinski definition) is 5. The van der Waals surface area contributed by atoms with Crippen molar-refractivity contribution in [1.29, 1.82) is 0 Å². The molecule has 0 aliphatic carbocycles. The summed E-state index contributed by atoms with van der Waals surface area (Å²) in [5.74, 6) is 0. The Morgan fingerprint density at radius 1 is 1.00 bits per heavy atom. The van der Waals surface area contributed by atoms with Gasteiger partial charge in [-0.15, -0.1) is 0 Å². The lowest BCUT2D eigenvalue weighted by molar-refractivity contribution is 0.141. The second-order valence-electron chi connectivity index (χ2n) is 5.67. The molecule has 0 saturated heterocycles. The Hall–Kier alpha value is -0.870. The van der Waals surface area contributed by atoms with Crippen LogP contribution in [0.2, 0.25) is 0 Å². The van der Waals surface area contributed by atoms with Gasteiger partial charge in [0.1, 0.15) is 0 Å². The summed E-state index contributed by atoms with van der Waals surface area (Å²) in [5, 5.41) is 0. The third kappa shape index (κ3) is 8.54. The van der Waals surface area contributed by atoms with Crippen LogP contribution < -0.4 is 5.48 Å². The molecule has 0 radical (unpaired) electrons. The van der Waals surface area contributed by atoms with Crippen LogP contribution in [0.3, 0.4) is 0 Å². The molecule has 1 N–H and O–H groups in total. The Morgan fingerprint density at radius 2 is 1.59 bits per heavy atom. The van der Waals surface area contributed by atoms with Crippen molar-refractivity contribution in [2.75, 3.05) is 18.2 Å². The normalized spacial score (nSPS) is 12.1. The standard InChI is InChI=1S/C16H28NO4P/c1-14(2)20-22(18,21-15(3)4)13-9-8-12-19-17-16-10-6-5-7-11-16/h5-7,10-11,14-15,17H,8-9,12-13H2,1-4H3. The number of hydrogen-bond donors (Lipinski definition) is 1. The van der Waals surface area contributed by atoms with Crippen LogP contribution in [0.4, 0.5) is 5.69 Å². The van der Waals surface area contributed by atoms with E-state index >= 15 is 0 Å². The van der Waals surface area contributed by atoms with E-state index in [9.17, 15) is 4.57 Å². The van der Waals surface area contributed by atoms with E-state index in [2.05, 4.69) is 5.48 Å². The molecule has 0 heterocycles. The molecular weight excluding hydrogens is 301 g/mol. The van der Waals surface area contributed by atoms with Gasteiger partial charge < -0.3 is 9.05 Å². The van der Waals surface area contributed by atoms with Crippen molar-refractivity contribution in [1.82, 2.24) is 0 Å². The molecule has 0 saturated carbocycles. The van der Waals surface area contributed by atoms with E-state index in [0.29, 0.717) is 12.8 Å². The first-order chi connectivity index (χ1) is 10.4. The molecule has 126 valence electrons. The lowest BCUT2D eigenvalue weighted by Crippen LogP contribution is -2.11. The van der Waals surface area contributed by atoms with Crippen LogP contribution in [-0.2, 0) is 18.5 Å². The molecule has 0 fully saturated rings. The Balaban J connectivity index is 2.24. The molecule has 0 bridgehead atoms. The fourth-order valence-corrected chi connectivity index (χ4v) is 4.05. The van der Waals surface area contributed by atoms with E-state index in [-0.39, 0.29) is 12.2 Å². The minimum atomic E-state index is -3.01. The van der Waals surface area contributed by atoms with Gasteiger partial charge in [-0.3, -0.25) is 14.9 Å². The van der Waals surface area contributed by atoms with Crippen molar-refractivity contribution in [3.63, 3.8) is 0 Å². The highest BCUT2D eigenvalue weighted by molar-refractivity contribution is 7.53. The van der Waals surface area contributed by atoms with Crippen molar-refractivity contribution >= 4 is 13.3 Å². The monoisotopic (exact) mass is 329 g/mol. The Morgan fingerprint density at radius 3 is 2.14 bits per heavy atom. The van der Waals surface area contributed by atoms with Crippen LogP contribution in [0.25, 0.3) is 0 Å². The van der Waals surface area contributed by atoms with Crippen molar-refractivity contribution in [3.8, 4) is 0 Å². The molecule has 0 unspecified atom stereocenters. The van der Waals surface area contributed by atoms with Gasteiger partial charge in [-0.25, -0.2) is 0 Å². The van der Waals surface area contributed by atoms with Gasteiger partial charge in [-0.05, 0) is 52.7 Å². The molecule has 0 atom stereocenters. The Bertz CT molecular complexity index is 437. The van der Waals surface area contributed by atoms with E-state index in [1.807, 2.05) is 58.0 Å². The van der Waals surface area contributed by atoms with Crippen LogP contribution >= 0.6 is 7.60 Å². The maximum atomic E-state index is 12.6. The van der Waals surface area contributed by atoms with Gasteiger partial charge in [0, 0.05) is 0 Å². The van der Waals surface area contributed by atoms with Gasteiger partial charge >= 0.3 is 7.60 Å². The zero-order valence-corrected chi connectivity index (χ0v) is 14.8. The molecule has 6 heteroatoms. The molecule has 0 aromatic heterocycles. The molecule has 0 aliphatic heterocycles.